The lowest BCUT2D eigenvalue weighted by Crippen LogP contribution is -2.29. The molecule has 2 nitrogen and oxygen atoms in total. The molecule has 15 heavy (non-hydrogen) atoms. The van der Waals surface area contributed by atoms with Gasteiger partial charge in [-0.3, -0.25) is 4.99 Å². The first-order valence-electron chi connectivity index (χ1n) is 4.54. The lowest BCUT2D eigenvalue weighted by Gasteiger charge is -2.08. The summed E-state index contributed by atoms with van der Waals surface area (Å²) in [6.07, 6.45) is 0. The molecule has 1 atom stereocenters. The zero-order chi connectivity index (χ0) is 11.0. The third-order valence-corrected chi connectivity index (χ3v) is 2.19. The summed E-state index contributed by atoms with van der Waals surface area (Å²) in [5.74, 6) is -3.00. The van der Waals surface area contributed by atoms with Crippen molar-refractivity contribution in [3.63, 3.8) is 0 Å². The Morgan fingerprint density at radius 3 is 2.53 bits per heavy atom. The summed E-state index contributed by atoms with van der Waals surface area (Å²) in [7, 11) is 0. The number of nitrogens with one attached hydrogen (secondary N) is 1. The molecule has 80 valence electrons. The predicted octanol–water partition coefficient (Wildman–Crippen LogP) is 1.84. The molecule has 0 radical (unpaired) electrons. The van der Waals surface area contributed by atoms with Crippen LogP contribution < -0.4 is 5.32 Å². The molecule has 1 aromatic rings. The topological polar surface area (TPSA) is 24.4 Å². The van der Waals surface area contributed by atoms with Gasteiger partial charge in [0, 0.05) is 6.04 Å². The highest BCUT2D eigenvalue weighted by atomic mass is 19.2. The Hall–Kier alpha value is -1.52. The largest absolute Gasteiger partial charge is 0.365 e. The predicted molar refractivity (Wildman–Crippen MR) is 50.3 cm³/mol. The Labute approximate surface area is 84.8 Å². The van der Waals surface area contributed by atoms with Crippen LogP contribution in [0.5, 0.6) is 0 Å². The van der Waals surface area contributed by atoms with E-state index in [-0.39, 0.29) is 11.9 Å². The van der Waals surface area contributed by atoms with Crippen LogP contribution in [-0.2, 0) is 0 Å². The van der Waals surface area contributed by atoms with E-state index in [0.717, 1.165) is 12.1 Å². The van der Waals surface area contributed by atoms with Crippen molar-refractivity contribution in [2.24, 2.45) is 4.99 Å². The third-order valence-electron chi connectivity index (χ3n) is 2.19. The molecule has 0 aromatic heterocycles. The SMILES string of the molecule is CC1CN=C(c2c(F)ccc(F)c2F)N1. The summed E-state index contributed by atoms with van der Waals surface area (Å²) in [5, 5.41) is 2.78. The zero-order valence-corrected chi connectivity index (χ0v) is 8.02. The van der Waals surface area contributed by atoms with Crippen molar-refractivity contribution in [2.75, 3.05) is 6.54 Å². The van der Waals surface area contributed by atoms with Gasteiger partial charge in [-0.15, -0.1) is 0 Å². The summed E-state index contributed by atoms with van der Waals surface area (Å²) < 4.78 is 39.5. The second-order valence-corrected chi connectivity index (χ2v) is 3.45. The van der Waals surface area contributed by atoms with Gasteiger partial charge >= 0.3 is 0 Å². The second kappa shape index (κ2) is 3.56. The molecular weight excluding hydrogens is 205 g/mol. The minimum Gasteiger partial charge on any atom is -0.365 e. The number of amidine groups is 1. The van der Waals surface area contributed by atoms with Crippen molar-refractivity contribution in [1.82, 2.24) is 5.32 Å². The van der Waals surface area contributed by atoms with E-state index in [2.05, 4.69) is 10.3 Å². The molecule has 0 aliphatic carbocycles. The number of nitrogens with zero attached hydrogens (tertiary/aromatic N) is 1. The summed E-state index contributed by atoms with van der Waals surface area (Å²) in [5.41, 5.74) is -0.417. The van der Waals surface area contributed by atoms with Gasteiger partial charge in [-0.05, 0) is 19.1 Å². The molecule has 0 fully saturated rings. The standard InChI is InChI=1S/C10H9F3N2/c1-5-4-14-10(15-5)8-6(11)2-3-7(12)9(8)13/h2-3,5H,4H2,1H3,(H,14,15). The fourth-order valence-corrected chi connectivity index (χ4v) is 1.45. The minimum atomic E-state index is -1.20. The molecule has 0 spiro atoms. The summed E-state index contributed by atoms with van der Waals surface area (Å²) in [4.78, 5) is 3.91. The van der Waals surface area contributed by atoms with Gasteiger partial charge in [0.2, 0.25) is 0 Å². The average Bonchev–Trinajstić information content (AvgIpc) is 2.59. The van der Waals surface area contributed by atoms with Gasteiger partial charge in [0.05, 0.1) is 12.1 Å². The lowest BCUT2D eigenvalue weighted by atomic mass is 10.1. The maximum absolute atomic E-state index is 13.3. The molecule has 1 heterocycles. The van der Waals surface area contributed by atoms with E-state index >= 15 is 0 Å². The first kappa shape index (κ1) is 10.0. The Morgan fingerprint density at radius 2 is 1.93 bits per heavy atom. The molecule has 1 N–H and O–H groups in total. The molecule has 0 amide bonds. The summed E-state index contributed by atoms with van der Waals surface area (Å²) in [6.45, 7) is 2.26. The number of hydrogen-bond donors (Lipinski definition) is 1. The quantitative estimate of drug-likeness (QED) is 0.709. The van der Waals surface area contributed by atoms with Crippen LogP contribution in [0.2, 0.25) is 0 Å². The van der Waals surface area contributed by atoms with E-state index in [1.54, 1.807) is 0 Å². The van der Waals surface area contributed by atoms with Crippen LogP contribution in [0.1, 0.15) is 12.5 Å². The van der Waals surface area contributed by atoms with Gasteiger partial charge in [-0.25, -0.2) is 13.2 Å². The van der Waals surface area contributed by atoms with Gasteiger partial charge in [-0.1, -0.05) is 0 Å². The summed E-state index contributed by atoms with van der Waals surface area (Å²) >= 11 is 0. The van der Waals surface area contributed by atoms with Crippen LogP contribution in [0.3, 0.4) is 0 Å². The van der Waals surface area contributed by atoms with Crippen LogP contribution in [-0.4, -0.2) is 18.4 Å². The van der Waals surface area contributed by atoms with Crippen LogP contribution in [0, 0.1) is 17.5 Å². The average molecular weight is 214 g/mol. The molecule has 1 aromatic carbocycles. The van der Waals surface area contributed by atoms with E-state index in [4.69, 9.17) is 0 Å². The number of halogens is 3. The first-order valence-corrected chi connectivity index (χ1v) is 4.54. The minimum absolute atomic E-state index is 0.0158. The second-order valence-electron chi connectivity index (χ2n) is 3.45. The third kappa shape index (κ3) is 1.69. The van der Waals surface area contributed by atoms with Gasteiger partial charge in [-0.2, -0.15) is 0 Å². The van der Waals surface area contributed by atoms with Gasteiger partial charge in [0.15, 0.2) is 11.6 Å². The van der Waals surface area contributed by atoms with Crippen LogP contribution >= 0.6 is 0 Å². The van der Waals surface area contributed by atoms with E-state index in [1.807, 2.05) is 6.92 Å². The highest BCUT2D eigenvalue weighted by molar-refractivity contribution is 6.00. The maximum Gasteiger partial charge on any atom is 0.172 e. The highest BCUT2D eigenvalue weighted by Gasteiger charge is 2.23. The van der Waals surface area contributed by atoms with E-state index < -0.39 is 23.0 Å². The Kier molecular flexibility index (Phi) is 2.38. The van der Waals surface area contributed by atoms with E-state index in [0.29, 0.717) is 6.54 Å². The van der Waals surface area contributed by atoms with Crippen molar-refractivity contribution in [3.05, 3.63) is 35.1 Å². The lowest BCUT2D eigenvalue weighted by molar-refractivity contribution is 0.491. The van der Waals surface area contributed by atoms with Crippen LogP contribution in [0.4, 0.5) is 13.2 Å². The molecule has 1 unspecified atom stereocenters. The summed E-state index contributed by atoms with van der Waals surface area (Å²) in [6, 6.07) is 1.66. The molecule has 0 saturated carbocycles. The Bertz CT molecular complexity index is 429. The van der Waals surface area contributed by atoms with Crippen LogP contribution in [0.15, 0.2) is 17.1 Å². The number of hydrogen-bond acceptors (Lipinski definition) is 2. The Balaban J connectivity index is 2.48. The fraction of sp³-hybridized carbons (Fsp3) is 0.300. The van der Waals surface area contributed by atoms with E-state index in [9.17, 15) is 13.2 Å². The van der Waals surface area contributed by atoms with E-state index in [1.165, 1.54) is 0 Å². The molecule has 1 aliphatic rings. The van der Waals surface area contributed by atoms with Crippen molar-refractivity contribution in [1.29, 1.82) is 0 Å². The number of benzene rings is 1. The molecule has 0 bridgehead atoms. The Morgan fingerprint density at radius 1 is 1.27 bits per heavy atom. The first-order chi connectivity index (χ1) is 7.09. The normalized spacial score (nSPS) is 20.0. The fourth-order valence-electron chi connectivity index (χ4n) is 1.45. The highest BCUT2D eigenvalue weighted by Crippen LogP contribution is 2.17. The molecule has 0 saturated heterocycles. The molecule has 5 heteroatoms. The molecular formula is C10H9F3N2. The van der Waals surface area contributed by atoms with Gasteiger partial charge in [0.25, 0.3) is 0 Å². The number of aliphatic imine (C=N–C) groups is 1. The molecule has 2 rings (SSSR count). The van der Waals surface area contributed by atoms with Gasteiger partial charge in [0.1, 0.15) is 11.7 Å². The molecule has 1 aliphatic heterocycles. The number of rotatable bonds is 1. The zero-order valence-electron chi connectivity index (χ0n) is 8.02. The maximum atomic E-state index is 13.3. The van der Waals surface area contributed by atoms with Crippen molar-refractivity contribution in [3.8, 4) is 0 Å². The van der Waals surface area contributed by atoms with Crippen molar-refractivity contribution < 1.29 is 13.2 Å². The van der Waals surface area contributed by atoms with Crippen LogP contribution in [0.25, 0.3) is 0 Å². The van der Waals surface area contributed by atoms with Crippen molar-refractivity contribution in [2.45, 2.75) is 13.0 Å². The monoisotopic (exact) mass is 214 g/mol. The van der Waals surface area contributed by atoms with Crippen molar-refractivity contribution >= 4 is 5.84 Å². The smallest absolute Gasteiger partial charge is 0.172 e. The van der Waals surface area contributed by atoms with Gasteiger partial charge < -0.3 is 5.32 Å².